The highest BCUT2D eigenvalue weighted by Gasteiger charge is 2.50. The van der Waals surface area contributed by atoms with Crippen molar-refractivity contribution in [3.8, 4) is 12.3 Å². The molecule has 3 aliphatic carbocycles. The number of hydrogen-bond acceptors (Lipinski definition) is 0. The molecule has 0 radical (unpaired) electrons. The maximum Gasteiger partial charge on any atom is -0.0108 e. The third kappa shape index (κ3) is 1.15. The molecule has 0 aromatic carbocycles. The Hall–Kier alpha value is -0.960. The lowest BCUT2D eigenvalue weighted by Crippen LogP contribution is -2.47. The number of allylic oxidation sites excluding steroid dienone is 4. The van der Waals surface area contributed by atoms with Gasteiger partial charge < -0.3 is 0 Å². The lowest BCUT2D eigenvalue weighted by atomic mass is 9.49. The molecule has 0 unspecified atom stereocenters. The zero-order valence-electron chi connectivity index (χ0n) is 8.38. The van der Waals surface area contributed by atoms with Gasteiger partial charge in [-0.2, -0.15) is 0 Å². The smallest absolute Gasteiger partial charge is 0.0108 e. The Labute approximate surface area is 80.7 Å². The fourth-order valence-electron chi connectivity index (χ4n) is 2.73. The first-order valence-corrected chi connectivity index (χ1v) is 4.99. The monoisotopic (exact) mass is 172 g/mol. The fraction of sp³-hybridized carbons (Fsp3) is 0.538. The molecule has 0 saturated heterocycles. The van der Waals surface area contributed by atoms with Gasteiger partial charge in [-0.25, -0.2) is 0 Å². The molecule has 3 aliphatic rings. The van der Waals surface area contributed by atoms with Crippen LogP contribution in [0, 0.1) is 29.6 Å². The predicted molar refractivity (Wildman–Crippen MR) is 56.1 cm³/mol. The second kappa shape index (κ2) is 2.77. The zero-order valence-corrected chi connectivity index (χ0v) is 8.38. The quantitative estimate of drug-likeness (QED) is 0.533. The lowest BCUT2D eigenvalue weighted by Gasteiger charge is -2.56. The van der Waals surface area contributed by atoms with E-state index >= 15 is 0 Å². The number of fused-ring (bicyclic) bond motifs is 1. The van der Waals surface area contributed by atoms with Crippen molar-refractivity contribution in [2.45, 2.75) is 26.7 Å². The summed E-state index contributed by atoms with van der Waals surface area (Å²) >= 11 is 0. The van der Waals surface area contributed by atoms with Gasteiger partial charge in [0.05, 0.1) is 0 Å². The van der Waals surface area contributed by atoms with Gasteiger partial charge in [0.25, 0.3) is 0 Å². The summed E-state index contributed by atoms with van der Waals surface area (Å²) in [5.41, 5.74) is 1.98. The summed E-state index contributed by atoms with van der Waals surface area (Å²) in [6.45, 7) is 4.76. The van der Waals surface area contributed by atoms with E-state index in [0.717, 1.165) is 11.8 Å². The van der Waals surface area contributed by atoms with E-state index in [1.54, 1.807) is 0 Å². The molecule has 1 saturated carbocycles. The van der Waals surface area contributed by atoms with Gasteiger partial charge in [-0.3, -0.25) is 0 Å². The van der Waals surface area contributed by atoms with E-state index in [0.29, 0.717) is 5.41 Å². The van der Waals surface area contributed by atoms with Gasteiger partial charge in [0.2, 0.25) is 0 Å². The minimum absolute atomic E-state index is 0.517. The average Bonchev–Trinajstić information content (AvgIpc) is 2.14. The molecule has 2 atom stereocenters. The third-order valence-electron chi connectivity index (χ3n) is 3.88. The standard InChI is InChI=1S/C13H16/c1-4-5-6-10-7-8-11-9-12(10)13(11,2)3/h1,5-7,11-12H,8-9H2,2-3H3/b6-5+/t11-,12-/m0/s1. The molecule has 0 N–H and O–H groups in total. The van der Waals surface area contributed by atoms with E-state index in [1.807, 2.05) is 6.08 Å². The molecule has 0 heteroatoms. The van der Waals surface area contributed by atoms with E-state index in [2.05, 4.69) is 31.9 Å². The second-order valence-corrected chi connectivity index (χ2v) is 4.75. The molecule has 3 rings (SSSR count). The zero-order chi connectivity index (χ0) is 9.47. The molecule has 0 aromatic rings. The van der Waals surface area contributed by atoms with Gasteiger partial charge in [-0.05, 0) is 41.7 Å². The summed E-state index contributed by atoms with van der Waals surface area (Å²) in [5.74, 6) is 4.24. The van der Waals surface area contributed by atoms with Gasteiger partial charge in [0.15, 0.2) is 0 Å². The summed E-state index contributed by atoms with van der Waals surface area (Å²) in [6.07, 6.45) is 14.1. The minimum atomic E-state index is 0.517. The Kier molecular flexibility index (Phi) is 1.84. The van der Waals surface area contributed by atoms with Gasteiger partial charge in [0.1, 0.15) is 0 Å². The fourth-order valence-corrected chi connectivity index (χ4v) is 2.73. The molecule has 0 amide bonds. The Morgan fingerprint density at radius 3 is 2.92 bits per heavy atom. The van der Waals surface area contributed by atoms with Crippen LogP contribution in [-0.2, 0) is 0 Å². The predicted octanol–water partition coefficient (Wildman–Crippen LogP) is 3.17. The van der Waals surface area contributed by atoms with Crippen LogP contribution in [-0.4, -0.2) is 0 Å². The van der Waals surface area contributed by atoms with Crippen molar-refractivity contribution >= 4 is 0 Å². The summed E-state index contributed by atoms with van der Waals surface area (Å²) in [4.78, 5) is 0. The van der Waals surface area contributed by atoms with E-state index in [4.69, 9.17) is 6.42 Å². The van der Waals surface area contributed by atoms with Crippen molar-refractivity contribution in [3.05, 3.63) is 23.8 Å². The minimum Gasteiger partial charge on any atom is -0.115 e. The Morgan fingerprint density at radius 2 is 2.38 bits per heavy atom. The van der Waals surface area contributed by atoms with Crippen LogP contribution in [0.2, 0.25) is 0 Å². The Balaban J connectivity index is 2.20. The molecular formula is C13H16. The van der Waals surface area contributed by atoms with Crippen LogP contribution in [0.15, 0.2) is 23.8 Å². The van der Waals surface area contributed by atoms with Gasteiger partial charge in [-0.1, -0.05) is 31.9 Å². The Morgan fingerprint density at radius 1 is 1.62 bits per heavy atom. The van der Waals surface area contributed by atoms with Crippen LogP contribution in [0.4, 0.5) is 0 Å². The molecule has 68 valence electrons. The largest absolute Gasteiger partial charge is 0.115 e. The summed E-state index contributed by atoms with van der Waals surface area (Å²) in [6, 6.07) is 0. The first-order chi connectivity index (χ1) is 6.16. The van der Waals surface area contributed by atoms with E-state index in [-0.39, 0.29) is 0 Å². The van der Waals surface area contributed by atoms with E-state index < -0.39 is 0 Å². The molecule has 0 heterocycles. The van der Waals surface area contributed by atoms with Gasteiger partial charge >= 0.3 is 0 Å². The van der Waals surface area contributed by atoms with Crippen molar-refractivity contribution in [2.24, 2.45) is 17.3 Å². The maximum atomic E-state index is 5.21. The molecule has 0 spiro atoms. The number of hydrogen-bond donors (Lipinski definition) is 0. The van der Waals surface area contributed by atoms with Crippen molar-refractivity contribution in [2.75, 3.05) is 0 Å². The molecule has 13 heavy (non-hydrogen) atoms. The molecule has 0 aliphatic heterocycles. The highest BCUT2D eigenvalue weighted by molar-refractivity contribution is 5.34. The molecule has 0 aromatic heterocycles. The Bertz CT molecular complexity index is 309. The van der Waals surface area contributed by atoms with Crippen LogP contribution >= 0.6 is 0 Å². The second-order valence-electron chi connectivity index (χ2n) is 4.75. The topological polar surface area (TPSA) is 0 Å². The maximum absolute atomic E-state index is 5.21. The van der Waals surface area contributed by atoms with Crippen molar-refractivity contribution in [1.29, 1.82) is 0 Å². The number of rotatable bonds is 1. The lowest BCUT2D eigenvalue weighted by molar-refractivity contribution is -0.00328. The van der Waals surface area contributed by atoms with Crippen LogP contribution in [0.1, 0.15) is 26.7 Å². The number of terminal acetylenes is 1. The highest BCUT2D eigenvalue weighted by Crippen LogP contribution is 2.59. The third-order valence-corrected chi connectivity index (χ3v) is 3.88. The van der Waals surface area contributed by atoms with Gasteiger partial charge in [0, 0.05) is 0 Å². The molecule has 1 fully saturated rings. The SMILES string of the molecule is C#C/C=C/C1=CC[C@H]2C[C@@H]1C2(C)C. The van der Waals surface area contributed by atoms with Crippen LogP contribution in [0.25, 0.3) is 0 Å². The summed E-state index contributed by atoms with van der Waals surface area (Å²) in [7, 11) is 0. The highest BCUT2D eigenvalue weighted by atomic mass is 14.5. The van der Waals surface area contributed by atoms with Crippen molar-refractivity contribution in [3.63, 3.8) is 0 Å². The van der Waals surface area contributed by atoms with Crippen LogP contribution < -0.4 is 0 Å². The summed E-state index contributed by atoms with van der Waals surface area (Å²) < 4.78 is 0. The van der Waals surface area contributed by atoms with Gasteiger partial charge in [-0.15, -0.1) is 6.42 Å². The normalized spacial score (nSPS) is 35.0. The molecular weight excluding hydrogens is 156 g/mol. The van der Waals surface area contributed by atoms with Crippen molar-refractivity contribution < 1.29 is 0 Å². The first-order valence-electron chi connectivity index (χ1n) is 4.99. The van der Waals surface area contributed by atoms with E-state index in [9.17, 15) is 0 Å². The van der Waals surface area contributed by atoms with Crippen LogP contribution in [0.5, 0.6) is 0 Å². The van der Waals surface area contributed by atoms with Crippen molar-refractivity contribution in [1.82, 2.24) is 0 Å². The first kappa shape index (κ1) is 8.63. The van der Waals surface area contributed by atoms with Crippen LogP contribution in [0.3, 0.4) is 0 Å². The molecule has 2 bridgehead atoms. The molecule has 0 nitrogen and oxygen atoms in total. The average molecular weight is 172 g/mol. The van der Waals surface area contributed by atoms with E-state index in [1.165, 1.54) is 18.4 Å². The summed E-state index contributed by atoms with van der Waals surface area (Å²) in [5, 5.41) is 0.